The summed E-state index contributed by atoms with van der Waals surface area (Å²) in [5.41, 5.74) is 0.527. The first-order valence-corrected chi connectivity index (χ1v) is 3.56. The minimum absolute atomic E-state index is 0.0828. The SMILES string of the molecule is Cc1cc(F)c(N=C=O)cc1Cl. The number of hydrogen-bond acceptors (Lipinski definition) is 2. The van der Waals surface area contributed by atoms with Crippen LogP contribution in [0.1, 0.15) is 5.56 Å². The summed E-state index contributed by atoms with van der Waals surface area (Å²) >= 11 is 5.67. The van der Waals surface area contributed by atoms with E-state index in [9.17, 15) is 9.18 Å². The molecule has 1 rings (SSSR count). The van der Waals surface area contributed by atoms with E-state index < -0.39 is 5.82 Å². The summed E-state index contributed by atoms with van der Waals surface area (Å²) in [4.78, 5) is 13.0. The molecule has 0 aliphatic rings. The molecule has 0 aliphatic heterocycles. The van der Waals surface area contributed by atoms with Crippen LogP contribution in [-0.2, 0) is 4.79 Å². The minimum Gasteiger partial charge on any atom is -0.211 e. The number of rotatable bonds is 1. The van der Waals surface area contributed by atoms with Crippen molar-refractivity contribution >= 4 is 23.4 Å². The minimum atomic E-state index is -0.569. The highest BCUT2D eigenvalue weighted by atomic mass is 35.5. The largest absolute Gasteiger partial charge is 0.240 e. The van der Waals surface area contributed by atoms with Crippen molar-refractivity contribution in [2.75, 3.05) is 0 Å². The van der Waals surface area contributed by atoms with Gasteiger partial charge in [0.1, 0.15) is 11.5 Å². The van der Waals surface area contributed by atoms with Gasteiger partial charge in [0.15, 0.2) is 0 Å². The molecule has 0 aromatic heterocycles. The number of carbonyl (C=O) groups excluding carboxylic acids is 1. The molecule has 0 saturated carbocycles. The van der Waals surface area contributed by atoms with Gasteiger partial charge in [-0.25, -0.2) is 9.18 Å². The highest BCUT2D eigenvalue weighted by Gasteiger charge is 2.04. The highest BCUT2D eigenvalue weighted by molar-refractivity contribution is 6.31. The van der Waals surface area contributed by atoms with Crippen LogP contribution < -0.4 is 0 Å². The summed E-state index contributed by atoms with van der Waals surface area (Å²) in [6.45, 7) is 1.67. The molecule has 0 heterocycles. The second-order valence-corrected chi connectivity index (χ2v) is 2.66. The van der Waals surface area contributed by atoms with Crippen molar-refractivity contribution in [2.45, 2.75) is 6.92 Å². The Balaban J connectivity index is 3.32. The Morgan fingerprint density at radius 1 is 1.58 bits per heavy atom. The van der Waals surface area contributed by atoms with E-state index in [-0.39, 0.29) is 5.69 Å². The lowest BCUT2D eigenvalue weighted by Crippen LogP contribution is -1.80. The fraction of sp³-hybridized carbons (Fsp3) is 0.125. The zero-order chi connectivity index (χ0) is 9.14. The monoisotopic (exact) mass is 185 g/mol. The van der Waals surface area contributed by atoms with Crippen molar-refractivity contribution < 1.29 is 9.18 Å². The average molecular weight is 186 g/mol. The molecule has 0 N–H and O–H groups in total. The molecule has 0 aliphatic carbocycles. The smallest absolute Gasteiger partial charge is 0.211 e. The molecule has 0 radical (unpaired) electrons. The molecule has 0 unspecified atom stereocenters. The molecule has 0 spiro atoms. The van der Waals surface area contributed by atoms with Crippen LogP contribution in [0.4, 0.5) is 10.1 Å². The average Bonchev–Trinajstić information content (AvgIpc) is 2.01. The van der Waals surface area contributed by atoms with Gasteiger partial charge in [0, 0.05) is 5.02 Å². The lowest BCUT2D eigenvalue weighted by atomic mass is 10.2. The standard InChI is InChI=1S/C8H5ClFNO/c1-5-2-7(10)8(11-4-12)3-6(5)9/h2-3H,1H3. The lowest BCUT2D eigenvalue weighted by Gasteiger charge is -1.98. The summed E-state index contributed by atoms with van der Waals surface area (Å²) < 4.78 is 12.9. The number of aryl methyl sites for hydroxylation is 1. The Bertz CT molecular complexity index is 358. The summed E-state index contributed by atoms with van der Waals surface area (Å²) in [6, 6.07) is 2.51. The van der Waals surface area contributed by atoms with Crippen molar-refractivity contribution in [2.24, 2.45) is 4.99 Å². The van der Waals surface area contributed by atoms with Crippen LogP contribution in [0.2, 0.25) is 5.02 Å². The van der Waals surface area contributed by atoms with E-state index >= 15 is 0 Å². The maximum absolute atomic E-state index is 12.9. The second kappa shape index (κ2) is 3.48. The predicted octanol–water partition coefficient (Wildman–Crippen LogP) is 2.75. The first kappa shape index (κ1) is 8.91. The Morgan fingerprint density at radius 2 is 2.25 bits per heavy atom. The van der Waals surface area contributed by atoms with Gasteiger partial charge in [-0.2, -0.15) is 4.99 Å². The molecule has 0 amide bonds. The Kier molecular flexibility index (Phi) is 2.58. The molecular weight excluding hydrogens is 181 g/mol. The van der Waals surface area contributed by atoms with Gasteiger partial charge in [-0.15, -0.1) is 0 Å². The van der Waals surface area contributed by atoms with E-state index in [0.29, 0.717) is 10.6 Å². The van der Waals surface area contributed by atoms with Crippen molar-refractivity contribution in [1.82, 2.24) is 0 Å². The molecule has 1 aromatic carbocycles. The zero-order valence-corrected chi connectivity index (χ0v) is 7.02. The van der Waals surface area contributed by atoms with E-state index in [1.54, 1.807) is 6.92 Å². The maximum Gasteiger partial charge on any atom is 0.240 e. The van der Waals surface area contributed by atoms with E-state index in [2.05, 4.69) is 4.99 Å². The van der Waals surface area contributed by atoms with E-state index in [1.165, 1.54) is 18.2 Å². The van der Waals surface area contributed by atoms with Crippen molar-refractivity contribution in [3.05, 3.63) is 28.5 Å². The Labute approximate surface area is 73.7 Å². The fourth-order valence-electron chi connectivity index (χ4n) is 0.771. The first-order chi connectivity index (χ1) is 5.65. The van der Waals surface area contributed by atoms with Gasteiger partial charge in [0.25, 0.3) is 0 Å². The van der Waals surface area contributed by atoms with Gasteiger partial charge in [-0.3, -0.25) is 0 Å². The Morgan fingerprint density at radius 3 is 2.83 bits per heavy atom. The summed E-state index contributed by atoms with van der Waals surface area (Å²) in [7, 11) is 0. The molecule has 12 heavy (non-hydrogen) atoms. The number of benzene rings is 1. The second-order valence-electron chi connectivity index (χ2n) is 2.26. The van der Waals surface area contributed by atoms with Gasteiger partial charge in [0.05, 0.1) is 0 Å². The third kappa shape index (κ3) is 1.70. The van der Waals surface area contributed by atoms with Crippen LogP contribution in [0, 0.1) is 12.7 Å². The van der Waals surface area contributed by atoms with E-state index in [1.807, 2.05) is 0 Å². The summed E-state index contributed by atoms with van der Waals surface area (Å²) in [5, 5.41) is 0.380. The summed E-state index contributed by atoms with van der Waals surface area (Å²) in [5.74, 6) is -0.569. The fourth-order valence-corrected chi connectivity index (χ4v) is 0.929. The molecule has 4 heteroatoms. The van der Waals surface area contributed by atoms with Crippen LogP contribution in [0.25, 0.3) is 0 Å². The number of aliphatic imine (C=N–C) groups is 1. The Hall–Kier alpha value is -1.18. The van der Waals surface area contributed by atoms with Crippen molar-refractivity contribution in [3.63, 3.8) is 0 Å². The first-order valence-electron chi connectivity index (χ1n) is 3.18. The molecule has 0 saturated heterocycles. The third-order valence-electron chi connectivity index (χ3n) is 1.39. The van der Waals surface area contributed by atoms with Crippen molar-refractivity contribution in [3.8, 4) is 0 Å². The molecule has 2 nitrogen and oxygen atoms in total. The lowest BCUT2D eigenvalue weighted by molar-refractivity contribution is 0.564. The van der Waals surface area contributed by atoms with Crippen LogP contribution >= 0.6 is 11.6 Å². The highest BCUT2D eigenvalue weighted by Crippen LogP contribution is 2.25. The number of hydrogen-bond donors (Lipinski definition) is 0. The van der Waals surface area contributed by atoms with Gasteiger partial charge < -0.3 is 0 Å². The van der Waals surface area contributed by atoms with Gasteiger partial charge >= 0.3 is 0 Å². The van der Waals surface area contributed by atoms with Crippen LogP contribution in [0.15, 0.2) is 17.1 Å². The van der Waals surface area contributed by atoms with Gasteiger partial charge in [0.2, 0.25) is 6.08 Å². The molecule has 0 bridgehead atoms. The van der Waals surface area contributed by atoms with Crippen LogP contribution in [0.3, 0.4) is 0 Å². The number of halogens is 2. The summed E-state index contributed by atoms with van der Waals surface area (Å²) in [6.07, 6.45) is 1.25. The van der Waals surface area contributed by atoms with Gasteiger partial charge in [-0.1, -0.05) is 11.6 Å². The zero-order valence-electron chi connectivity index (χ0n) is 6.27. The van der Waals surface area contributed by atoms with Crippen LogP contribution in [-0.4, -0.2) is 6.08 Å². The normalized spacial score (nSPS) is 9.25. The van der Waals surface area contributed by atoms with Crippen molar-refractivity contribution in [1.29, 1.82) is 0 Å². The molecule has 0 atom stereocenters. The van der Waals surface area contributed by atoms with E-state index in [4.69, 9.17) is 11.6 Å². The number of nitrogens with zero attached hydrogens (tertiary/aromatic N) is 1. The van der Waals surface area contributed by atoms with Gasteiger partial charge in [-0.05, 0) is 24.6 Å². The van der Waals surface area contributed by atoms with Crippen LogP contribution in [0.5, 0.6) is 0 Å². The predicted molar refractivity (Wildman–Crippen MR) is 43.9 cm³/mol. The molecule has 0 fully saturated rings. The third-order valence-corrected chi connectivity index (χ3v) is 1.80. The maximum atomic E-state index is 12.9. The number of isocyanates is 1. The molecule has 1 aromatic rings. The quantitative estimate of drug-likeness (QED) is 0.489. The molecule has 62 valence electrons. The van der Waals surface area contributed by atoms with E-state index in [0.717, 1.165) is 0 Å². The molecular formula is C8H5ClFNO. The topological polar surface area (TPSA) is 29.4 Å².